The summed E-state index contributed by atoms with van der Waals surface area (Å²) in [4.78, 5) is 40.8. The molecule has 1 aromatic rings. The van der Waals surface area contributed by atoms with Crippen molar-refractivity contribution in [2.45, 2.75) is 24.8 Å². The molecule has 2 aliphatic heterocycles. The summed E-state index contributed by atoms with van der Waals surface area (Å²) in [5, 5.41) is 11.6. The lowest BCUT2D eigenvalue weighted by atomic mass is 10.0. The quantitative estimate of drug-likeness (QED) is 0.773. The fourth-order valence-electron chi connectivity index (χ4n) is 2.69. The maximum Gasteiger partial charge on any atom is 0.352 e. The van der Waals surface area contributed by atoms with Gasteiger partial charge in [-0.25, -0.2) is 4.79 Å². The smallest absolute Gasteiger partial charge is 0.352 e. The Kier molecular flexibility index (Phi) is 4.08. The highest BCUT2D eigenvalue weighted by atomic mass is 32.2. The number of amides is 2. The summed E-state index contributed by atoms with van der Waals surface area (Å²) in [5.41, 5.74) is 1.45. The number of carbonyl (C=O) groups is 3. The molecule has 2 amide bonds. The van der Waals surface area contributed by atoms with Crippen LogP contribution in [0.1, 0.15) is 12.5 Å². The van der Waals surface area contributed by atoms with Gasteiger partial charge in [0.25, 0.3) is 5.91 Å². The number of aromatic nitrogens is 1. The molecule has 2 atom stereocenters. The first-order chi connectivity index (χ1) is 11.0. The first kappa shape index (κ1) is 15.5. The maximum atomic E-state index is 12.2. The van der Waals surface area contributed by atoms with Gasteiger partial charge < -0.3 is 10.4 Å². The van der Waals surface area contributed by atoms with Gasteiger partial charge in [0.2, 0.25) is 5.91 Å². The molecule has 2 N–H and O–H groups in total. The SMILES string of the molecule is CC1=C(C(=O)O)N2C(=O)C(NC(=O)Cc3cccnc3)[C@H]2SC1. The van der Waals surface area contributed by atoms with Crippen LogP contribution in [-0.2, 0) is 20.8 Å². The molecule has 0 bridgehead atoms. The summed E-state index contributed by atoms with van der Waals surface area (Å²) in [6.07, 6.45) is 3.35. The second-order valence-corrected chi connectivity index (χ2v) is 6.53. The number of pyridine rings is 1. The van der Waals surface area contributed by atoms with Crippen molar-refractivity contribution in [3.05, 3.63) is 41.4 Å². The third-order valence-electron chi connectivity index (χ3n) is 3.77. The highest BCUT2D eigenvalue weighted by Gasteiger charge is 2.53. The Balaban J connectivity index is 1.67. The van der Waals surface area contributed by atoms with Crippen molar-refractivity contribution in [2.75, 3.05) is 5.75 Å². The fourth-order valence-corrected chi connectivity index (χ4v) is 3.98. The average Bonchev–Trinajstić information content (AvgIpc) is 2.53. The lowest BCUT2D eigenvalue weighted by molar-refractivity contribution is -0.150. The Morgan fingerprint density at radius 3 is 2.96 bits per heavy atom. The number of rotatable bonds is 4. The first-order valence-corrected chi connectivity index (χ1v) is 8.10. The number of fused-ring (bicyclic) bond motifs is 1. The van der Waals surface area contributed by atoms with Crippen molar-refractivity contribution in [2.24, 2.45) is 0 Å². The minimum Gasteiger partial charge on any atom is -0.477 e. The van der Waals surface area contributed by atoms with Gasteiger partial charge in [0.1, 0.15) is 17.1 Å². The average molecular weight is 333 g/mol. The van der Waals surface area contributed by atoms with E-state index in [-0.39, 0.29) is 29.3 Å². The predicted octanol–water partition coefficient (Wildman–Crippen LogP) is 0.383. The van der Waals surface area contributed by atoms with E-state index in [1.807, 2.05) is 0 Å². The zero-order valence-corrected chi connectivity index (χ0v) is 13.2. The zero-order valence-electron chi connectivity index (χ0n) is 12.4. The number of hydrogen-bond donors (Lipinski definition) is 2. The topological polar surface area (TPSA) is 99.6 Å². The van der Waals surface area contributed by atoms with Crippen LogP contribution in [0.25, 0.3) is 0 Å². The number of aliphatic carboxylic acids is 1. The fraction of sp³-hybridized carbons (Fsp3) is 0.333. The number of β-lactam (4-membered cyclic amide) rings is 1. The summed E-state index contributed by atoms with van der Waals surface area (Å²) in [5.74, 6) is -1.23. The van der Waals surface area contributed by atoms with Gasteiger partial charge in [-0.3, -0.25) is 19.5 Å². The Labute approximate surface area is 136 Å². The number of thioether (sulfide) groups is 1. The van der Waals surface area contributed by atoms with Crippen LogP contribution in [0, 0.1) is 0 Å². The molecule has 0 spiro atoms. The van der Waals surface area contributed by atoms with Crippen LogP contribution in [0.15, 0.2) is 35.8 Å². The molecule has 3 heterocycles. The van der Waals surface area contributed by atoms with Crippen molar-refractivity contribution < 1.29 is 19.5 Å². The monoisotopic (exact) mass is 333 g/mol. The molecule has 120 valence electrons. The van der Waals surface area contributed by atoms with Crippen LogP contribution >= 0.6 is 11.8 Å². The van der Waals surface area contributed by atoms with Crippen molar-refractivity contribution >= 4 is 29.5 Å². The van der Waals surface area contributed by atoms with E-state index >= 15 is 0 Å². The van der Waals surface area contributed by atoms with Crippen molar-refractivity contribution in [1.82, 2.24) is 15.2 Å². The summed E-state index contributed by atoms with van der Waals surface area (Å²) in [6.45, 7) is 1.70. The Morgan fingerprint density at radius 1 is 1.52 bits per heavy atom. The van der Waals surface area contributed by atoms with Crippen LogP contribution in [0.4, 0.5) is 0 Å². The van der Waals surface area contributed by atoms with Gasteiger partial charge >= 0.3 is 5.97 Å². The van der Waals surface area contributed by atoms with E-state index < -0.39 is 12.0 Å². The molecule has 1 aromatic heterocycles. The minimum absolute atomic E-state index is 0.0384. The van der Waals surface area contributed by atoms with E-state index in [0.717, 1.165) is 5.56 Å². The molecule has 3 rings (SSSR count). The standard InChI is InChI=1S/C15H15N3O4S/c1-8-7-23-14-11(13(20)18(14)12(8)15(21)22)17-10(19)5-9-3-2-4-16-6-9/h2-4,6,11,14H,5,7H2,1H3,(H,17,19)(H,21,22)/t11?,14-/m1/s1. The second-order valence-electron chi connectivity index (χ2n) is 5.43. The lowest BCUT2D eigenvalue weighted by Gasteiger charge is -2.49. The van der Waals surface area contributed by atoms with Gasteiger partial charge in [0.05, 0.1) is 6.42 Å². The molecular formula is C15H15N3O4S. The molecule has 1 unspecified atom stereocenters. The van der Waals surface area contributed by atoms with Crippen molar-refractivity contribution in [3.63, 3.8) is 0 Å². The number of carbonyl (C=O) groups excluding carboxylic acids is 2. The molecule has 0 aliphatic carbocycles. The summed E-state index contributed by atoms with van der Waals surface area (Å²) in [6, 6.07) is 2.85. The molecular weight excluding hydrogens is 318 g/mol. The molecule has 23 heavy (non-hydrogen) atoms. The molecule has 7 nitrogen and oxygen atoms in total. The molecule has 0 radical (unpaired) electrons. The predicted molar refractivity (Wildman–Crippen MR) is 83.3 cm³/mol. The van der Waals surface area contributed by atoms with Crippen molar-refractivity contribution in [1.29, 1.82) is 0 Å². The van der Waals surface area contributed by atoms with Crippen LogP contribution < -0.4 is 5.32 Å². The maximum absolute atomic E-state index is 12.2. The van der Waals surface area contributed by atoms with Crippen LogP contribution in [0.2, 0.25) is 0 Å². The number of carboxylic acid groups (broad SMARTS) is 1. The Bertz CT molecular complexity index is 704. The zero-order chi connectivity index (χ0) is 16.6. The largest absolute Gasteiger partial charge is 0.477 e. The molecule has 0 saturated carbocycles. The van der Waals surface area contributed by atoms with E-state index in [2.05, 4.69) is 10.3 Å². The number of hydrogen-bond acceptors (Lipinski definition) is 5. The highest BCUT2D eigenvalue weighted by Crippen LogP contribution is 2.40. The first-order valence-electron chi connectivity index (χ1n) is 7.05. The molecule has 8 heteroatoms. The number of carboxylic acids is 1. The number of nitrogens with one attached hydrogen (secondary N) is 1. The Morgan fingerprint density at radius 2 is 2.30 bits per heavy atom. The van der Waals surface area contributed by atoms with E-state index in [9.17, 15) is 19.5 Å². The van der Waals surface area contributed by atoms with E-state index in [0.29, 0.717) is 11.3 Å². The van der Waals surface area contributed by atoms with Crippen molar-refractivity contribution in [3.8, 4) is 0 Å². The third-order valence-corrected chi connectivity index (χ3v) is 5.19. The van der Waals surface area contributed by atoms with Crippen LogP contribution in [0.3, 0.4) is 0 Å². The Hall–Kier alpha value is -2.35. The van der Waals surface area contributed by atoms with Gasteiger partial charge in [0.15, 0.2) is 0 Å². The van der Waals surface area contributed by atoms with E-state index in [1.165, 1.54) is 16.7 Å². The van der Waals surface area contributed by atoms with E-state index in [4.69, 9.17) is 0 Å². The van der Waals surface area contributed by atoms with Gasteiger partial charge in [0, 0.05) is 18.1 Å². The lowest BCUT2D eigenvalue weighted by Crippen LogP contribution is -2.70. The number of nitrogens with zero attached hydrogens (tertiary/aromatic N) is 2. The third kappa shape index (κ3) is 2.81. The second kappa shape index (κ2) is 6.04. The van der Waals surface area contributed by atoms with Gasteiger partial charge in [-0.05, 0) is 24.1 Å². The summed E-state index contributed by atoms with van der Waals surface area (Å²) in [7, 11) is 0. The van der Waals surface area contributed by atoms with E-state index in [1.54, 1.807) is 31.5 Å². The van der Waals surface area contributed by atoms with Crippen LogP contribution in [-0.4, -0.2) is 49.9 Å². The highest BCUT2D eigenvalue weighted by molar-refractivity contribution is 8.00. The van der Waals surface area contributed by atoms with Gasteiger partial charge in [-0.2, -0.15) is 0 Å². The normalized spacial score (nSPS) is 23.2. The summed E-state index contributed by atoms with van der Waals surface area (Å²) >= 11 is 1.46. The van der Waals surface area contributed by atoms with Gasteiger partial charge in [-0.15, -0.1) is 11.8 Å². The molecule has 1 fully saturated rings. The van der Waals surface area contributed by atoms with Gasteiger partial charge in [-0.1, -0.05) is 6.07 Å². The summed E-state index contributed by atoms with van der Waals surface area (Å²) < 4.78 is 0. The molecule has 1 saturated heterocycles. The van der Waals surface area contributed by atoms with Crippen LogP contribution in [0.5, 0.6) is 0 Å². The minimum atomic E-state index is -1.11. The molecule has 0 aromatic carbocycles. The molecule has 2 aliphatic rings.